The highest BCUT2D eigenvalue weighted by atomic mass is 16.5. The molecule has 0 aliphatic carbocycles. The second-order valence-electron chi connectivity index (χ2n) is 3.77. The van der Waals surface area contributed by atoms with E-state index in [9.17, 15) is 4.79 Å². The van der Waals surface area contributed by atoms with E-state index >= 15 is 0 Å². The molecule has 3 heteroatoms. The number of ether oxygens (including phenoxy) is 1. The summed E-state index contributed by atoms with van der Waals surface area (Å²) >= 11 is 0. The molecule has 0 radical (unpaired) electrons. The maximum Gasteiger partial charge on any atom is 0.331 e. The van der Waals surface area contributed by atoms with Crippen LogP contribution in [0.15, 0.2) is 11.1 Å². The first-order chi connectivity index (χ1) is 6.65. The van der Waals surface area contributed by atoms with Crippen LogP contribution in [0.4, 0.5) is 0 Å². The molecule has 0 aromatic heterocycles. The third kappa shape index (κ3) is 2.84. The SMILES string of the molecule is CCCC1C/C(=C(\C)C(=O)O)CCO1. The van der Waals surface area contributed by atoms with Gasteiger partial charge in [-0.25, -0.2) is 4.79 Å². The van der Waals surface area contributed by atoms with Crippen molar-refractivity contribution in [1.29, 1.82) is 0 Å². The predicted octanol–water partition coefficient (Wildman–Crippen LogP) is 2.37. The Hall–Kier alpha value is -0.830. The second-order valence-corrected chi connectivity index (χ2v) is 3.77. The van der Waals surface area contributed by atoms with E-state index in [1.165, 1.54) is 0 Å². The number of carboxylic acid groups (broad SMARTS) is 1. The Morgan fingerprint density at radius 3 is 2.93 bits per heavy atom. The molecule has 1 atom stereocenters. The fourth-order valence-electron chi connectivity index (χ4n) is 1.78. The zero-order valence-electron chi connectivity index (χ0n) is 8.88. The first-order valence-electron chi connectivity index (χ1n) is 5.18. The monoisotopic (exact) mass is 198 g/mol. The smallest absolute Gasteiger partial charge is 0.331 e. The van der Waals surface area contributed by atoms with Crippen LogP contribution in [-0.2, 0) is 9.53 Å². The highest BCUT2D eigenvalue weighted by Gasteiger charge is 2.20. The van der Waals surface area contributed by atoms with Crippen molar-refractivity contribution >= 4 is 5.97 Å². The quantitative estimate of drug-likeness (QED) is 0.708. The van der Waals surface area contributed by atoms with Gasteiger partial charge in [0.1, 0.15) is 0 Å². The van der Waals surface area contributed by atoms with Crippen LogP contribution >= 0.6 is 0 Å². The summed E-state index contributed by atoms with van der Waals surface area (Å²) in [5.41, 5.74) is 1.57. The van der Waals surface area contributed by atoms with Crippen LogP contribution < -0.4 is 0 Å². The Morgan fingerprint density at radius 2 is 2.36 bits per heavy atom. The summed E-state index contributed by atoms with van der Waals surface area (Å²) in [5, 5.41) is 8.85. The van der Waals surface area contributed by atoms with E-state index in [2.05, 4.69) is 6.92 Å². The second kappa shape index (κ2) is 5.15. The average Bonchev–Trinajstić information content (AvgIpc) is 2.17. The van der Waals surface area contributed by atoms with Gasteiger partial charge < -0.3 is 9.84 Å². The summed E-state index contributed by atoms with van der Waals surface area (Å²) in [4.78, 5) is 10.8. The number of aliphatic carboxylic acids is 1. The van der Waals surface area contributed by atoms with Crippen molar-refractivity contribution in [2.75, 3.05) is 6.61 Å². The van der Waals surface area contributed by atoms with Gasteiger partial charge in [0.25, 0.3) is 0 Å². The molecule has 3 nitrogen and oxygen atoms in total. The van der Waals surface area contributed by atoms with E-state index in [0.717, 1.165) is 31.3 Å². The van der Waals surface area contributed by atoms with Crippen LogP contribution in [0.2, 0.25) is 0 Å². The molecular weight excluding hydrogens is 180 g/mol. The van der Waals surface area contributed by atoms with Crippen molar-refractivity contribution < 1.29 is 14.6 Å². The lowest BCUT2D eigenvalue weighted by atomic mass is 9.95. The van der Waals surface area contributed by atoms with Gasteiger partial charge in [-0.15, -0.1) is 0 Å². The van der Waals surface area contributed by atoms with E-state index in [0.29, 0.717) is 12.2 Å². The Bertz CT molecular complexity index is 241. The first kappa shape index (κ1) is 11.2. The van der Waals surface area contributed by atoms with Gasteiger partial charge in [0.2, 0.25) is 0 Å². The fourth-order valence-corrected chi connectivity index (χ4v) is 1.78. The molecule has 1 heterocycles. The molecule has 1 unspecified atom stereocenters. The van der Waals surface area contributed by atoms with Crippen LogP contribution in [-0.4, -0.2) is 23.8 Å². The van der Waals surface area contributed by atoms with Gasteiger partial charge >= 0.3 is 5.97 Å². The number of hydrogen-bond donors (Lipinski definition) is 1. The molecule has 0 aromatic rings. The molecule has 0 aromatic carbocycles. The number of carboxylic acids is 1. The summed E-state index contributed by atoms with van der Waals surface area (Å²) in [6, 6.07) is 0. The largest absolute Gasteiger partial charge is 0.478 e. The van der Waals surface area contributed by atoms with Gasteiger partial charge in [0.05, 0.1) is 12.7 Å². The van der Waals surface area contributed by atoms with Gasteiger partial charge in [0, 0.05) is 5.57 Å². The normalized spacial score (nSPS) is 26.0. The molecule has 0 bridgehead atoms. The van der Waals surface area contributed by atoms with Crippen LogP contribution in [0.3, 0.4) is 0 Å². The minimum Gasteiger partial charge on any atom is -0.478 e. The van der Waals surface area contributed by atoms with E-state index in [1.807, 2.05) is 0 Å². The summed E-state index contributed by atoms with van der Waals surface area (Å²) in [5.74, 6) is -0.794. The van der Waals surface area contributed by atoms with Crippen LogP contribution in [0.1, 0.15) is 39.5 Å². The number of rotatable bonds is 3. The molecule has 1 aliphatic rings. The van der Waals surface area contributed by atoms with Gasteiger partial charge in [-0.1, -0.05) is 18.9 Å². The van der Waals surface area contributed by atoms with E-state index in [1.54, 1.807) is 6.92 Å². The van der Waals surface area contributed by atoms with Crippen molar-refractivity contribution in [2.24, 2.45) is 0 Å². The highest BCUT2D eigenvalue weighted by molar-refractivity contribution is 5.86. The van der Waals surface area contributed by atoms with Crippen molar-refractivity contribution in [3.8, 4) is 0 Å². The zero-order chi connectivity index (χ0) is 10.6. The first-order valence-corrected chi connectivity index (χ1v) is 5.18. The molecule has 1 rings (SSSR count). The number of hydrogen-bond acceptors (Lipinski definition) is 2. The summed E-state index contributed by atoms with van der Waals surface area (Å²) < 4.78 is 5.55. The summed E-state index contributed by atoms with van der Waals surface area (Å²) in [6.07, 6.45) is 3.92. The topological polar surface area (TPSA) is 46.5 Å². The van der Waals surface area contributed by atoms with Crippen LogP contribution in [0.25, 0.3) is 0 Å². The lowest BCUT2D eigenvalue weighted by molar-refractivity contribution is -0.132. The molecular formula is C11H18O3. The van der Waals surface area contributed by atoms with E-state index < -0.39 is 5.97 Å². The third-order valence-corrected chi connectivity index (χ3v) is 2.69. The minimum atomic E-state index is -0.794. The Balaban J connectivity index is 2.63. The van der Waals surface area contributed by atoms with Crippen LogP contribution in [0.5, 0.6) is 0 Å². The predicted molar refractivity (Wildman–Crippen MR) is 54.2 cm³/mol. The molecule has 0 saturated carbocycles. The Kier molecular flexibility index (Phi) is 4.14. The maximum atomic E-state index is 10.8. The Morgan fingerprint density at radius 1 is 1.64 bits per heavy atom. The minimum absolute atomic E-state index is 0.234. The van der Waals surface area contributed by atoms with Gasteiger partial charge in [-0.3, -0.25) is 0 Å². The van der Waals surface area contributed by atoms with Crippen molar-refractivity contribution in [3.05, 3.63) is 11.1 Å². The zero-order valence-corrected chi connectivity index (χ0v) is 8.88. The molecule has 1 aliphatic heterocycles. The standard InChI is InChI=1S/C11H18O3/c1-3-4-10-7-9(5-6-14-10)8(2)11(12)13/h10H,3-7H2,1-2H3,(H,12,13)/b9-8+. The number of carbonyl (C=O) groups is 1. The molecule has 1 N–H and O–H groups in total. The Labute approximate surface area is 84.8 Å². The molecule has 0 amide bonds. The fraction of sp³-hybridized carbons (Fsp3) is 0.727. The highest BCUT2D eigenvalue weighted by Crippen LogP contribution is 2.24. The lowest BCUT2D eigenvalue weighted by Crippen LogP contribution is -2.22. The molecule has 1 saturated heterocycles. The van der Waals surface area contributed by atoms with E-state index in [-0.39, 0.29) is 6.10 Å². The lowest BCUT2D eigenvalue weighted by Gasteiger charge is -2.25. The van der Waals surface area contributed by atoms with Crippen molar-refractivity contribution in [1.82, 2.24) is 0 Å². The van der Waals surface area contributed by atoms with E-state index in [4.69, 9.17) is 9.84 Å². The molecule has 14 heavy (non-hydrogen) atoms. The molecule has 80 valence electrons. The van der Waals surface area contributed by atoms with Gasteiger partial charge in [0.15, 0.2) is 0 Å². The average molecular weight is 198 g/mol. The molecule has 0 spiro atoms. The van der Waals surface area contributed by atoms with Crippen LogP contribution in [0, 0.1) is 0 Å². The van der Waals surface area contributed by atoms with Gasteiger partial charge in [-0.05, 0) is 26.2 Å². The maximum absolute atomic E-state index is 10.8. The van der Waals surface area contributed by atoms with Crippen molar-refractivity contribution in [2.45, 2.75) is 45.6 Å². The summed E-state index contributed by atoms with van der Waals surface area (Å²) in [7, 11) is 0. The summed E-state index contributed by atoms with van der Waals surface area (Å²) in [6.45, 7) is 4.47. The third-order valence-electron chi connectivity index (χ3n) is 2.69. The van der Waals surface area contributed by atoms with Gasteiger partial charge in [-0.2, -0.15) is 0 Å². The van der Waals surface area contributed by atoms with Crippen molar-refractivity contribution in [3.63, 3.8) is 0 Å². The molecule has 1 fully saturated rings.